The van der Waals surface area contributed by atoms with E-state index in [1.807, 2.05) is 0 Å². The van der Waals surface area contributed by atoms with Crippen molar-refractivity contribution in [3.63, 3.8) is 0 Å². The molecule has 0 fully saturated rings. The lowest BCUT2D eigenvalue weighted by Crippen LogP contribution is -2.18. The summed E-state index contributed by atoms with van der Waals surface area (Å²) in [5, 5.41) is 3.61. The number of fused-ring (bicyclic) bond motifs is 1. The van der Waals surface area contributed by atoms with Crippen molar-refractivity contribution in [2.24, 2.45) is 5.41 Å². The van der Waals surface area contributed by atoms with Crippen molar-refractivity contribution in [3.8, 4) is 0 Å². The van der Waals surface area contributed by atoms with Gasteiger partial charge in [-0.25, -0.2) is 0 Å². The Kier molecular flexibility index (Phi) is 2.72. The topological polar surface area (TPSA) is 12.0 Å². The van der Waals surface area contributed by atoms with E-state index >= 15 is 0 Å². The van der Waals surface area contributed by atoms with E-state index in [2.05, 4.69) is 50.4 Å². The van der Waals surface area contributed by atoms with E-state index in [0.717, 1.165) is 0 Å². The van der Waals surface area contributed by atoms with Crippen molar-refractivity contribution in [1.82, 2.24) is 0 Å². The van der Waals surface area contributed by atoms with Gasteiger partial charge in [0, 0.05) is 11.7 Å². The average Bonchev–Trinajstić information content (AvgIpc) is 2.56. The molecule has 1 aliphatic heterocycles. The van der Waals surface area contributed by atoms with Gasteiger partial charge in [-0.05, 0) is 36.3 Å². The van der Waals surface area contributed by atoms with E-state index in [-0.39, 0.29) is 0 Å². The van der Waals surface area contributed by atoms with Gasteiger partial charge in [0.1, 0.15) is 0 Å². The normalized spacial score (nSPS) is 19.8. The van der Waals surface area contributed by atoms with Crippen LogP contribution in [-0.4, -0.2) is 6.04 Å². The summed E-state index contributed by atoms with van der Waals surface area (Å²) in [4.78, 5) is 0. The maximum atomic E-state index is 3.61. The number of anilines is 1. The first-order valence-corrected chi connectivity index (χ1v) is 5.89. The monoisotopic (exact) mass is 203 g/mol. The SMILES string of the molecule is CC(C)(C)CCC1Cc2ccccc2N1. The summed E-state index contributed by atoms with van der Waals surface area (Å²) >= 11 is 0. The second-order valence-corrected chi connectivity index (χ2v) is 5.80. The molecular weight excluding hydrogens is 182 g/mol. The van der Waals surface area contributed by atoms with E-state index < -0.39 is 0 Å². The Morgan fingerprint density at radius 3 is 2.67 bits per heavy atom. The molecule has 0 radical (unpaired) electrons. The van der Waals surface area contributed by atoms with Crippen LogP contribution in [0.2, 0.25) is 0 Å². The second-order valence-electron chi connectivity index (χ2n) is 5.80. The minimum Gasteiger partial charge on any atom is -0.382 e. The highest BCUT2D eigenvalue weighted by molar-refractivity contribution is 5.56. The summed E-state index contributed by atoms with van der Waals surface area (Å²) in [5.41, 5.74) is 3.28. The summed E-state index contributed by atoms with van der Waals surface area (Å²) < 4.78 is 0. The Morgan fingerprint density at radius 2 is 2.00 bits per heavy atom. The summed E-state index contributed by atoms with van der Waals surface area (Å²) in [6.45, 7) is 6.94. The van der Waals surface area contributed by atoms with Gasteiger partial charge in [0.25, 0.3) is 0 Å². The molecule has 1 aromatic carbocycles. The Balaban J connectivity index is 1.91. The van der Waals surface area contributed by atoms with E-state index in [1.54, 1.807) is 0 Å². The van der Waals surface area contributed by atoms with Gasteiger partial charge in [0.15, 0.2) is 0 Å². The summed E-state index contributed by atoms with van der Waals surface area (Å²) in [7, 11) is 0. The maximum absolute atomic E-state index is 3.61. The standard InChI is InChI=1S/C14H21N/c1-14(2,3)9-8-12-10-11-6-4-5-7-13(11)15-12/h4-7,12,15H,8-10H2,1-3H3. The van der Waals surface area contributed by atoms with Crippen LogP contribution in [0.1, 0.15) is 39.2 Å². The Hall–Kier alpha value is -0.980. The largest absolute Gasteiger partial charge is 0.382 e. The molecule has 0 bridgehead atoms. The molecule has 1 atom stereocenters. The molecule has 1 N–H and O–H groups in total. The predicted molar refractivity (Wildman–Crippen MR) is 66.2 cm³/mol. The van der Waals surface area contributed by atoms with Gasteiger partial charge in [-0.1, -0.05) is 39.0 Å². The van der Waals surface area contributed by atoms with Crippen LogP contribution in [0.25, 0.3) is 0 Å². The summed E-state index contributed by atoms with van der Waals surface area (Å²) in [6, 6.07) is 9.32. The molecule has 0 saturated heterocycles. The number of benzene rings is 1. The molecule has 0 saturated carbocycles. The van der Waals surface area contributed by atoms with Crippen LogP contribution in [0.15, 0.2) is 24.3 Å². The van der Waals surface area contributed by atoms with E-state index in [9.17, 15) is 0 Å². The van der Waals surface area contributed by atoms with Crippen LogP contribution >= 0.6 is 0 Å². The van der Waals surface area contributed by atoms with Crippen LogP contribution in [0.3, 0.4) is 0 Å². The first-order valence-electron chi connectivity index (χ1n) is 5.89. The fraction of sp³-hybridized carbons (Fsp3) is 0.571. The molecule has 2 rings (SSSR count). The molecule has 0 aliphatic carbocycles. The highest BCUT2D eigenvalue weighted by Crippen LogP contribution is 2.30. The minimum atomic E-state index is 0.455. The van der Waals surface area contributed by atoms with Gasteiger partial charge in [-0.3, -0.25) is 0 Å². The fourth-order valence-electron chi connectivity index (χ4n) is 2.16. The van der Waals surface area contributed by atoms with Crippen molar-refractivity contribution in [2.45, 2.75) is 46.1 Å². The highest BCUT2D eigenvalue weighted by atomic mass is 14.9. The van der Waals surface area contributed by atoms with Crippen molar-refractivity contribution < 1.29 is 0 Å². The van der Waals surface area contributed by atoms with Crippen molar-refractivity contribution in [1.29, 1.82) is 0 Å². The molecule has 1 aliphatic rings. The number of hydrogen-bond acceptors (Lipinski definition) is 1. The molecule has 82 valence electrons. The third kappa shape index (κ3) is 2.74. The third-order valence-corrected chi connectivity index (χ3v) is 3.09. The third-order valence-electron chi connectivity index (χ3n) is 3.09. The molecule has 1 unspecified atom stereocenters. The molecule has 1 heteroatoms. The molecule has 15 heavy (non-hydrogen) atoms. The van der Waals surface area contributed by atoms with E-state index in [0.29, 0.717) is 11.5 Å². The molecule has 0 aromatic heterocycles. The van der Waals surface area contributed by atoms with Crippen molar-refractivity contribution in [3.05, 3.63) is 29.8 Å². The maximum Gasteiger partial charge on any atom is 0.0375 e. The smallest absolute Gasteiger partial charge is 0.0375 e. The van der Waals surface area contributed by atoms with Crippen LogP contribution in [0.4, 0.5) is 5.69 Å². The molecule has 0 amide bonds. The first kappa shape index (κ1) is 10.5. The number of para-hydroxylation sites is 1. The van der Waals surface area contributed by atoms with Crippen LogP contribution in [0, 0.1) is 5.41 Å². The fourth-order valence-corrected chi connectivity index (χ4v) is 2.16. The van der Waals surface area contributed by atoms with E-state index in [1.165, 1.54) is 30.5 Å². The van der Waals surface area contributed by atoms with E-state index in [4.69, 9.17) is 0 Å². The van der Waals surface area contributed by atoms with Gasteiger partial charge < -0.3 is 5.32 Å². The summed E-state index contributed by atoms with van der Waals surface area (Å²) in [5.74, 6) is 0. The van der Waals surface area contributed by atoms with Gasteiger partial charge >= 0.3 is 0 Å². The van der Waals surface area contributed by atoms with Crippen molar-refractivity contribution in [2.75, 3.05) is 5.32 Å². The Bertz CT molecular complexity index is 310. The van der Waals surface area contributed by atoms with Gasteiger partial charge in [-0.2, -0.15) is 0 Å². The van der Waals surface area contributed by atoms with Gasteiger partial charge in [-0.15, -0.1) is 0 Å². The van der Waals surface area contributed by atoms with Gasteiger partial charge in [0.05, 0.1) is 0 Å². The molecule has 0 spiro atoms. The Labute approximate surface area is 92.9 Å². The molecule has 1 aromatic rings. The molecule has 1 heterocycles. The molecule has 1 nitrogen and oxygen atoms in total. The zero-order valence-electron chi connectivity index (χ0n) is 10.0. The number of nitrogens with one attached hydrogen (secondary N) is 1. The second kappa shape index (κ2) is 3.88. The lowest BCUT2D eigenvalue weighted by Gasteiger charge is -2.20. The van der Waals surface area contributed by atoms with Gasteiger partial charge in [0.2, 0.25) is 0 Å². The lowest BCUT2D eigenvalue weighted by molar-refractivity contribution is 0.354. The quantitative estimate of drug-likeness (QED) is 0.770. The number of hydrogen-bond donors (Lipinski definition) is 1. The van der Waals surface area contributed by atoms with Crippen LogP contribution < -0.4 is 5.32 Å². The molecular formula is C14H21N. The Morgan fingerprint density at radius 1 is 1.27 bits per heavy atom. The zero-order chi connectivity index (χ0) is 10.9. The van der Waals surface area contributed by atoms with Crippen molar-refractivity contribution >= 4 is 5.69 Å². The van der Waals surface area contributed by atoms with Crippen LogP contribution in [-0.2, 0) is 6.42 Å². The lowest BCUT2D eigenvalue weighted by atomic mass is 9.88. The highest BCUT2D eigenvalue weighted by Gasteiger charge is 2.21. The summed E-state index contributed by atoms with van der Waals surface area (Å²) in [6.07, 6.45) is 3.77. The minimum absolute atomic E-state index is 0.455. The van der Waals surface area contributed by atoms with Crippen LogP contribution in [0.5, 0.6) is 0 Å². The predicted octanol–water partition coefficient (Wildman–Crippen LogP) is 3.85. The number of rotatable bonds is 2. The zero-order valence-corrected chi connectivity index (χ0v) is 10.0. The first-order chi connectivity index (χ1) is 7.04. The average molecular weight is 203 g/mol.